The highest BCUT2D eigenvalue weighted by Gasteiger charge is 2.39. The van der Waals surface area contributed by atoms with Gasteiger partial charge < -0.3 is 20.3 Å². The average molecular weight is 608 g/mol. The van der Waals surface area contributed by atoms with Crippen LogP contribution < -0.4 is 10.6 Å². The van der Waals surface area contributed by atoms with E-state index in [1.807, 2.05) is 6.07 Å². The Morgan fingerprint density at radius 1 is 1.22 bits per heavy atom. The Labute approximate surface area is 239 Å². The maximum Gasteiger partial charge on any atom is 0.420 e. The Hall–Kier alpha value is -2.94. The second-order valence-electron chi connectivity index (χ2n) is 10.6. The van der Waals surface area contributed by atoms with Gasteiger partial charge in [0.05, 0.1) is 45.5 Å². The van der Waals surface area contributed by atoms with Crippen LogP contribution in [-0.2, 0) is 34.7 Å². The number of benzene rings is 1. The molecule has 0 radical (unpaired) electrons. The van der Waals surface area contributed by atoms with Crippen molar-refractivity contribution in [3.05, 3.63) is 51.3 Å². The molecule has 7 rings (SSSR count). The summed E-state index contributed by atoms with van der Waals surface area (Å²) in [5, 5.41) is 6.19. The summed E-state index contributed by atoms with van der Waals surface area (Å²) in [4.78, 5) is 23.6. The minimum atomic E-state index is -4.78. The van der Waals surface area contributed by atoms with E-state index >= 15 is 4.39 Å². The predicted octanol–water partition coefficient (Wildman–Crippen LogP) is 4.59. The molecule has 2 aromatic heterocycles. The molecule has 1 saturated carbocycles. The molecule has 1 saturated heterocycles. The first-order valence-corrected chi connectivity index (χ1v) is 15.5. The van der Waals surface area contributed by atoms with Gasteiger partial charge in [-0.05, 0) is 49.4 Å². The van der Waals surface area contributed by atoms with E-state index in [0.717, 1.165) is 29.7 Å². The number of fused-ring (bicyclic) bond motifs is 2. The van der Waals surface area contributed by atoms with Crippen molar-refractivity contribution in [1.82, 2.24) is 20.2 Å². The molecule has 1 unspecified atom stereocenters. The fraction of sp³-hybridized carbons (Fsp3) is 0.444. The molecule has 3 aromatic rings. The van der Waals surface area contributed by atoms with Crippen molar-refractivity contribution in [2.75, 3.05) is 37.4 Å². The monoisotopic (exact) mass is 607 g/mol. The smallest absolute Gasteiger partial charge is 0.377 e. The molecular weight excluding hydrogens is 582 g/mol. The van der Waals surface area contributed by atoms with Crippen LogP contribution in [0.25, 0.3) is 10.6 Å². The van der Waals surface area contributed by atoms with Crippen molar-refractivity contribution in [2.45, 2.75) is 48.8 Å². The Morgan fingerprint density at radius 2 is 2.02 bits per heavy atom. The van der Waals surface area contributed by atoms with Crippen molar-refractivity contribution in [3.63, 3.8) is 0 Å². The van der Waals surface area contributed by atoms with Gasteiger partial charge in [-0.25, -0.2) is 14.4 Å². The van der Waals surface area contributed by atoms with E-state index < -0.39 is 28.2 Å². The molecule has 0 spiro atoms. The fourth-order valence-corrected chi connectivity index (χ4v) is 8.15. The van der Waals surface area contributed by atoms with Crippen LogP contribution in [0.1, 0.15) is 50.7 Å². The number of halogens is 4. The van der Waals surface area contributed by atoms with Gasteiger partial charge in [0, 0.05) is 41.9 Å². The Balaban J connectivity index is 1.30. The maximum absolute atomic E-state index is 15.6. The molecule has 3 aliphatic heterocycles. The fourth-order valence-electron chi connectivity index (χ4n) is 5.53. The van der Waals surface area contributed by atoms with Crippen LogP contribution in [-0.4, -0.2) is 63.1 Å². The molecule has 1 atom stereocenters. The summed E-state index contributed by atoms with van der Waals surface area (Å²) in [6.45, 7) is 2.14. The summed E-state index contributed by atoms with van der Waals surface area (Å²) in [5.41, 5.74) is 0.913. The molecule has 0 bridgehead atoms. The van der Waals surface area contributed by atoms with E-state index in [4.69, 9.17) is 4.74 Å². The third kappa shape index (κ3) is 4.84. The third-order valence-electron chi connectivity index (χ3n) is 7.91. The topological polar surface area (TPSA) is 96.4 Å². The van der Waals surface area contributed by atoms with E-state index in [9.17, 15) is 22.2 Å². The van der Waals surface area contributed by atoms with Gasteiger partial charge in [0.15, 0.2) is 0 Å². The standard InChI is InChI=1S/C27H25F4N5O3S2/c28-22-16-9-32-4-3-14(16)7-18(21(22)13-1-2-13)34-26-33-10-17(27(29,30)31)23(35-26)19-8-20-24(40-19)25(37)36(5-6-41(20)38)15-11-39-12-15/h7-8,10,13,15,32H,1-6,9,11-12H2,(H,33,34,35). The van der Waals surface area contributed by atoms with Crippen molar-refractivity contribution in [2.24, 2.45) is 0 Å². The molecule has 41 heavy (non-hydrogen) atoms. The van der Waals surface area contributed by atoms with E-state index in [-0.39, 0.29) is 56.6 Å². The van der Waals surface area contributed by atoms with E-state index in [1.165, 1.54) is 6.07 Å². The lowest BCUT2D eigenvalue weighted by molar-refractivity contribution is -0.137. The van der Waals surface area contributed by atoms with E-state index in [0.29, 0.717) is 55.7 Å². The zero-order valence-corrected chi connectivity index (χ0v) is 23.3. The van der Waals surface area contributed by atoms with Crippen molar-refractivity contribution >= 4 is 39.7 Å². The molecule has 2 N–H and O–H groups in total. The minimum absolute atomic E-state index is 0.0246. The third-order valence-corrected chi connectivity index (χ3v) is 10.5. The molecule has 14 heteroatoms. The number of hydrogen-bond acceptors (Lipinski definition) is 8. The number of carbonyl (C=O) groups is 1. The molecule has 216 valence electrons. The lowest BCUT2D eigenvalue weighted by atomic mass is 9.94. The number of carbonyl (C=O) groups excluding carboxylic acids is 1. The highest BCUT2D eigenvalue weighted by Crippen LogP contribution is 2.47. The van der Waals surface area contributed by atoms with Gasteiger partial charge in [0.25, 0.3) is 5.91 Å². The summed E-state index contributed by atoms with van der Waals surface area (Å²) < 4.78 is 76.2. The molecule has 5 heterocycles. The van der Waals surface area contributed by atoms with Gasteiger partial charge >= 0.3 is 6.18 Å². The van der Waals surface area contributed by atoms with Crippen LogP contribution in [0.2, 0.25) is 0 Å². The van der Waals surface area contributed by atoms with Crippen molar-refractivity contribution < 1.29 is 31.3 Å². The number of anilines is 2. The molecule has 1 amide bonds. The van der Waals surface area contributed by atoms with Gasteiger partial charge in [-0.3, -0.25) is 9.00 Å². The lowest BCUT2D eigenvalue weighted by Crippen LogP contribution is -2.52. The largest absolute Gasteiger partial charge is 0.420 e. The summed E-state index contributed by atoms with van der Waals surface area (Å²) in [7, 11) is -1.57. The normalized spacial score (nSPS) is 21.2. The van der Waals surface area contributed by atoms with Gasteiger partial charge in [-0.2, -0.15) is 13.2 Å². The van der Waals surface area contributed by atoms with Crippen LogP contribution >= 0.6 is 11.3 Å². The number of thiophene rings is 1. The van der Waals surface area contributed by atoms with Crippen LogP contribution in [0.4, 0.5) is 29.2 Å². The molecular formula is C27H25F4N5O3S2. The average Bonchev–Trinajstić information content (AvgIpc) is 3.66. The number of nitrogens with zero attached hydrogens (tertiary/aromatic N) is 3. The summed E-state index contributed by atoms with van der Waals surface area (Å²) >= 11 is 0.844. The highest BCUT2D eigenvalue weighted by molar-refractivity contribution is 7.85. The van der Waals surface area contributed by atoms with E-state index in [2.05, 4.69) is 20.6 Å². The van der Waals surface area contributed by atoms with Crippen LogP contribution in [0, 0.1) is 5.82 Å². The molecule has 2 fully saturated rings. The number of nitrogens with one attached hydrogen (secondary N) is 2. The summed E-state index contributed by atoms with van der Waals surface area (Å²) in [5.74, 6) is -0.581. The molecule has 1 aromatic carbocycles. The number of hydrogen-bond donors (Lipinski definition) is 2. The van der Waals surface area contributed by atoms with Crippen LogP contribution in [0.15, 0.2) is 23.2 Å². The van der Waals surface area contributed by atoms with Gasteiger partial charge in [-0.1, -0.05) is 0 Å². The minimum Gasteiger partial charge on any atom is -0.377 e. The summed E-state index contributed by atoms with van der Waals surface area (Å²) in [6.07, 6.45) is -1.81. The number of amides is 1. The van der Waals surface area contributed by atoms with Gasteiger partial charge in [-0.15, -0.1) is 11.3 Å². The summed E-state index contributed by atoms with van der Waals surface area (Å²) in [6, 6.07) is 3.07. The van der Waals surface area contributed by atoms with Crippen molar-refractivity contribution in [1.29, 1.82) is 0 Å². The molecule has 8 nitrogen and oxygen atoms in total. The predicted molar refractivity (Wildman–Crippen MR) is 144 cm³/mol. The molecule has 1 aliphatic carbocycles. The Kier molecular flexibility index (Phi) is 6.64. The van der Waals surface area contributed by atoms with Gasteiger partial charge in [0.2, 0.25) is 5.95 Å². The zero-order chi connectivity index (χ0) is 28.5. The number of ether oxygens (including phenoxy) is 1. The quantitative estimate of drug-likeness (QED) is 0.410. The first-order chi connectivity index (χ1) is 19.7. The first kappa shape index (κ1) is 26.9. The Bertz CT molecular complexity index is 1590. The second kappa shape index (κ2) is 10.1. The van der Waals surface area contributed by atoms with Crippen LogP contribution in [0.3, 0.4) is 0 Å². The highest BCUT2D eigenvalue weighted by atomic mass is 32.2. The maximum atomic E-state index is 15.6. The SMILES string of the molecule is O=C1c2sc(-c3nc(Nc4cc5c(c(F)c4C4CC4)CNCC5)ncc3C(F)(F)F)cc2S(=O)CCN1C1COC1. The lowest BCUT2D eigenvalue weighted by Gasteiger charge is -2.36. The van der Waals surface area contributed by atoms with Crippen molar-refractivity contribution in [3.8, 4) is 10.6 Å². The Morgan fingerprint density at radius 3 is 2.73 bits per heavy atom. The number of aromatic nitrogens is 2. The zero-order valence-electron chi connectivity index (χ0n) is 21.6. The van der Waals surface area contributed by atoms with Gasteiger partial charge in [0.1, 0.15) is 16.3 Å². The number of rotatable bonds is 5. The van der Waals surface area contributed by atoms with E-state index in [1.54, 1.807) is 4.90 Å². The van der Waals surface area contributed by atoms with Crippen LogP contribution in [0.5, 0.6) is 0 Å². The second-order valence-corrected chi connectivity index (χ2v) is 13.2. The molecule has 4 aliphatic rings. The first-order valence-electron chi connectivity index (χ1n) is 13.4. The number of alkyl halides is 3.